The summed E-state index contributed by atoms with van der Waals surface area (Å²) in [4.78, 5) is 4.63. The molecule has 0 radical (unpaired) electrons. The maximum Gasteiger partial charge on any atom is 0.193 e. The Morgan fingerprint density at radius 1 is 1.07 bits per heavy atom. The molecule has 4 rings (SSSR count). The van der Waals surface area contributed by atoms with Gasteiger partial charge >= 0.3 is 0 Å². The molecule has 3 N–H and O–H groups in total. The molecule has 0 aromatic heterocycles. The summed E-state index contributed by atoms with van der Waals surface area (Å²) < 4.78 is 5.95. The third-order valence-electron chi connectivity index (χ3n) is 5.50. The highest BCUT2D eigenvalue weighted by atomic mass is 127. The Hall–Kier alpha value is -1.60. The number of benzene rings is 2. The summed E-state index contributed by atoms with van der Waals surface area (Å²) in [6.45, 7) is 1.48. The van der Waals surface area contributed by atoms with Gasteiger partial charge in [-0.15, -0.1) is 24.0 Å². The van der Waals surface area contributed by atoms with E-state index >= 15 is 0 Å². The molecule has 5 heteroatoms. The predicted octanol–water partition coefficient (Wildman–Crippen LogP) is 4.69. The monoisotopic (exact) mass is 477 g/mol. The molecule has 0 amide bonds. The molecular formula is C22H28IN3O. The molecule has 2 aromatic carbocycles. The Morgan fingerprint density at radius 2 is 1.89 bits per heavy atom. The lowest BCUT2D eigenvalue weighted by Gasteiger charge is -2.20. The average molecular weight is 477 g/mol. The Morgan fingerprint density at radius 3 is 2.74 bits per heavy atom. The number of nitrogens with zero attached hydrogens (tertiary/aromatic N) is 1. The fourth-order valence-corrected chi connectivity index (χ4v) is 4.12. The van der Waals surface area contributed by atoms with Gasteiger partial charge in [0.1, 0.15) is 0 Å². The first-order chi connectivity index (χ1) is 12.8. The number of aryl methyl sites for hydroxylation is 1. The first-order valence-electron chi connectivity index (χ1n) is 9.65. The van der Waals surface area contributed by atoms with Gasteiger partial charge in [-0.1, -0.05) is 42.5 Å². The summed E-state index contributed by atoms with van der Waals surface area (Å²) in [5, 5.41) is 3.34. The number of hydrogen-bond acceptors (Lipinski definition) is 2. The summed E-state index contributed by atoms with van der Waals surface area (Å²) >= 11 is 0. The number of ether oxygens (including phenoxy) is 1. The highest BCUT2D eigenvalue weighted by molar-refractivity contribution is 14.0. The van der Waals surface area contributed by atoms with Crippen LogP contribution in [0.5, 0.6) is 0 Å². The van der Waals surface area contributed by atoms with Crippen LogP contribution < -0.4 is 11.1 Å². The quantitative estimate of drug-likeness (QED) is 0.382. The number of fused-ring (bicyclic) bond motifs is 1. The normalized spacial score (nSPS) is 22.0. The van der Waals surface area contributed by atoms with Gasteiger partial charge in [-0.05, 0) is 54.9 Å². The smallest absolute Gasteiger partial charge is 0.193 e. The third-order valence-corrected chi connectivity index (χ3v) is 5.50. The molecule has 0 unspecified atom stereocenters. The molecule has 144 valence electrons. The van der Waals surface area contributed by atoms with E-state index in [1.807, 2.05) is 6.07 Å². The Labute approximate surface area is 178 Å². The fourth-order valence-electron chi connectivity index (χ4n) is 4.12. The van der Waals surface area contributed by atoms with Gasteiger partial charge in [0.25, 0.3) is 0 Å². The fraction of sp³-hybridized carbons (Fsp3) is 0.409. The van der Waals surface area contributed by atoms with Crippen molar-refractivity contribution in [2.45, 2.75) is 38.2 Å². The standard InChI is InChI=1S/C22H27N3O.HI/c23-22(25-20-12-6-10-16-7-4-5-11-19(16)20)24-15-18-13-14-26-21(18)17-8-2-1-3-9-17;/h1-3,6,8-10,12,18,21H,4-5,7,11,13-15H2,(H3,23,24,25);1H/t18-,21-;/m1./s1. The SMILES string of the molecule is I.NC(=NC[C@H]1CCO[C@@H]1c1ccccc1)Nc1cccc2c1CCCC2. The van der Waals surface area contributed by atoms with Gasteiger partial charge in [-0.25, -0.2) is 0 Å². The zero-order valence-corrected chi connectivity index (χ0v) is 17.9. The summed E-state index contributed by atoms with van der Waals surface area (Å²) in [7, 11) is 0. The number of rotatable bonds is 4. The number of aliphatic imine (C=N–C) groups is 1. The number of nitrogens with two attached hydrogens (primary N) is 1. The second-order valence-corrected chi connectivity index (χ2v) is 7.25. The van der Waals surface area contributed by atoms with Crippen molar-refractivity contribution in [3.05, 3.63) is 65.2 Å². The maximum absolute atomic E-state index is 6.20. The van der Waals surface area contributed by atoms with E-state index in [0.717, 1.165) is 25.1 Å². The summed E-state index contributed by atoms with van der Waals surface area (Å²) in [6.07, 6.45) is 5.97. The molecule has 0 saturated carbocycles. The van der Waals surface area contributed by atoms with Crippen LogP contribution >= 0.6 is 24.0 Å². The van der Waals surface area contributed by atoms with Crippen LogP contribution in [0.4, 0.5) is 5.69 Å². The minimum absolute atomic E-state index is 0. The van der Waals surface area contributed by atoms with E-state index in [1.54, 1.807) is 0 Å². The van der Waals surface area contributed by atoms with Crippen molar-refractivity contribution in [1.29, 1.82) is 0 Å². The molecule has 27 heavy (non-hydrogen) atoms. The molecule has 0 bridgehead atoms. The third kappa shape index (κ3) is 4.82. The summed E-state index contributed by atoms with van der Waals surface area (Å²) in [6, 6.07) is 16.9. The van der Waals surface area contributed by atoms with Crippen LogP contribution in [0.15, 0.2) is 53.5 Å². The van der Waals surface area contributed by atoms with Crippen molar-refractivity contribution in [3.63, 3.8) is 0 Å². The molecule has 1 fully saturated rings. The minimum atomic E-state index is 0. The predicted molar refractivity (Wildman–Crippen MR) is 122 cm³/mol. The Kier molecular flexibility index (Phi) is 7.13. The lowest BCUT2D eigenvalue weighted by atomic mass is 9.90. The molecule has 0 spiro atoms. The Bertz CT molecular complexity index is 778. The van der Waals surface area contributed by atoms with Crippen LogP contribution in [-0.4, -0.2) is 19.1 Å². The molecule has 2 aliphatic rings. The van der Waals surface area contributed by atoms with E-state index in [4.69, 9.17) is 10.5 Å². The van der Waals surface area contributed by atoms with Crippen LogP contribution in [0.3, 0.4) is 0 Å². The zero-order valence-electron chi connectivity index (χ0n) is 15.6. The van der Waals surface area contributed by atoms with Gasteiger partial charge in [0.2, 0.25) is 0 Å². The lowest BCUT2D eigenvalue weighted by Crippen LogP contribution is -2.25. The van der Waals surface area contributed by atoms with E-state index in [1.165, 1.54) is 36.0 Å². The number of anilines is 1. The van der Waals surface area contributed by atoms with E-state index in [9.17, 15) is 0 Å². The molecule has 1 aliphatic carbocycles. The van der Waals surface area contributed by atoms with Crippen LogP contribution in [0.25, 0.3) is 0 Å². The average Bonchev–Trinajstić information content (AvgIpc) is 3.16. The molecule has 1 saturated heterocycles. The van der Waals surface area contributed by atoms with Crippen LogP contribution in [-0.2, 0) is 17.6 Å². The van der Waals surface area contributed by atoms with Gasteiger partial charge in [-0.2, -0.15) is 0 Å². The van der Waals surface area contributed by atoms with Gasteiger partial charge in [0.05, 0.1) is 6.10 Å². The first kappa shape index (κ1) is 20.1. The summed E-state index contributed by atoms with van der Waals surface area (Å²) in [5.74, 6) is 0.880. The number of hydrogen-bond donors (Lipinski definition) is 2. The van der Waals surface area contributed by atoms with Crippen LogP contribution in [0.1, 0.15) is 42.1 Å². The van der Waals surface area contributed by atoms with E-state index in [0.29, 0.717) is 18.4 Å². The topological polar surface area (TPSA) is 59.6 Å². The van der Waals surface area contributed by atoms with Gasteiger partial charge < -0.3 is 15.8 Å². The number of halogens is 1. The van der Waals surface area contributed by atoms with Crippen molar-refractivity contribution >= 4 is 35.6 Å². The molecule has 1 heterocycles. The molecular weight excluding hydrogens is 449 g/mol. The van der Waals surface area contributed by atoms with Gasteiger partial charge in [-0.3, -0.25) is 4.99 Å². The van der Waals surface area contributed by atoms with Gasteiger partial charge in [0, 0.05) is 24.8 Å². The second kappa shape index (κ2) is 9.55. The summed E-state index contributed by atoms with van der Waals surface area (Å²) in [5.41, 5.74) is 11.4. The number of nitrogens with one attached hydrogen (secondary N) is 1. The van der Waals surface area contributed by atoms with Crippen molar-refractivity contribution in [3.8, 4) is 0 Å². The van der Waals surface area contributed by atoms with Crippen molar-refractivity contribution in [2.24, 2.45) is 16.6 Å². The number of guanidine groups is 1. The minimum Gasteiger partial charge on any atom is -0.373 e. The van der Waals surface area contributed by atoms with Gasteiger partial charge in [0.15, 0.2) is 5.96 Å². The van der Waals surface area contributed by atoms with Crippen LogP contribution in [0.2, 0.25) is 0 Å². The largest absolute Gasteiger partial charge is 0.373 e. The van der Waals surface area contributed by atoms with Crippen molar-refractivity contribution in [1.82, 2.24) is 0 Å². The molecule has 1 aliphatic heterocycles. The molecule has 2 atom stereocenters. The Balaban J connectivity index is 0.00000210. The van der Waals surface area contributed by atoms with E-state index in [-0.39, 0.29) is 30.1 Å². The highest BCUT2D eigenvalue weighted by Crippen LogP contribution is 2.34. The van der Waals surface area contributed by atoms with Crippen LogP contribution in [0, 0.1) is 5.92 Å². The lowest BCUT2D eigenvalue weighted by molar-refractivity contribution is 0.0926. The van der Waals surface area contributed by atoms with E-state index < -0.39 is 0 Å². The molecule has 2 aromatic rings. The highest BCUT2D eigenvalue weighted by Gasteiger charge is 2.29. The first-order valence-corrected chi connectivity index (χ1v) is 9.65. The second-order valence-electron chi connectivity index (χ2n) is 7.25. The maximum atomic E-state index is 6.20. The molecule has 4 nitrogen and oxygen atoms in total. The zero-order chi connectivity index (χ0) is 17.8. The van der Waals surface area contributed by atoms with Crippen molar-refractivity contribution in [2.75, 3.05) is 18.5 Å². The van der Waals surface area contributed by atoms with Crippen molar-refractivity contribution < 1.29 is 4.74 Å². The van der Waals surface area contributed by atoms with E-state index in [2.05, 4.69) is 52.8 Å².